The van der Waals surface area contributed by atoms with Crippen LogP contribution in [-0.4, -0.2) is 28.5 Å². The van der Waals surface area contributed by atoms with E-state index >= 15 is 0 Å². The number of benzene rings is 1. The summed E-state index contributed by atoms with van der Waals surface area (Å²) in [5, 5.41) is 2.96. The third kappa shape index (κ3) is 3.44. The number of amides is 1. The van der Waals surface area contributed by atoms with E-state index in [-0.39, 0.29) is 11.9 Å². The summed E-state index contributed by atoms with van der Waals surface area (Å²) in [5.41, 5.74) is 0.965. The molecule has 6 nitrogen and oxygen atoms in total. The van der Waals surface area contributed by atoms with Gasteiger partial charge in [0.25, 0.3) is 0 Å². The second-order valence-corrected chi connectivity index (χ2v) is 6.25. The molecule has 1 fully saturated rings. The van der Waals surface area contributed by atoms with Crippen molar-refractivity contribution in [2.75, 3.05) is 11.4 Å². The van der Waals surface area contributed by atoms with E-state index in [9.17, 15) is 4.79 Å². The Hall–Kier alpha value is -3.15. The summed E-state index contributed by atoms with van der Waals surface area (Å²) in [6.07, 6.45) is 5.13. The SMILES string of the molecule is O=C(NCc1ccco1)C1CCCN1c1ccnc(-c2ccccc2)n1. The van der Waals surface area contributed by atoms with Crippen molar-refractivity contribution in [3.8, 4) is 11.4 Å². The Morgan fingerprint density at radius 1 is 1.19 bits per heavy atom. The van der Waals surface area contributed by atoms with Gasteiger partial charge in [0.15, 0.2) is 5.82 Å². The minimum absolute atomic E-state index is 0.00114. The van der Waals surface area contributed by atoms with E-state index < -0.39 is 0 Å². The number of furan rings is 1. The summed E-state index contributed by atoms with van der Waals surface area (Å²) in [4.78, 5) is 23.8. The number of carbonyl (C=O) groups excluding carboxylic acids is 1. The molecule has 1 unspecified atom stereocenters. The van der Waals surface area contributed by atoms with Crippen molar-refractivity contribution in [3.05, 3.63) is 66.8 Å². The van der Waals surface area contributed by atoms with Crippen LogP contribution in [0.3, 0.4) is 0 Å². The van der Waals surface area contributed by atoms with Crippen LogP contribution in [0.5, 0.6) is 0 Å². The Labute approximate surface area is 151 Å². The largest absolute Gasteiger partial charge is 0.467 e. The third-order valence-corrected chi connectivity index (χ3v) is 4.54. The van der Waals surface area contributed by atoms with Gasteiger partial charge < -0.3 is 14.6 Å². The summed E-state index contributed by atoms with van der Waals surface area (Å²) < 4.78 is 5.27. The summed E-state index contributed by atoms with van der Waals surface area (Å²) >= 11 is 0. The number of aromatic nitrogens is 2. The average molecular weight is 348 g/mol. The van der Waals surface area contributed by atoms with E-state index in [0.717, 1.165) is 36.5 Å². The number of carbonyl (C=O) groups is 1. The first-order valence-corrected chi connectivity index (χ1v) is 8.76. The maximum Gasteiger partial charge on any atom is 0.243 e. The second kappa shape index (κ2) is 7.39. The molecule has 132 valence electrons. The monoisotopic (exact) mass is 348 g/mol. The average Bonchev–Trinajstić information content (AvgIpc) is 3.39. The smallest absolute Gasteiger partial charge is 0.243 e. The van der Waals surface area contributed by atoms with Gasteiger partial charge >= 0.3 is 0 Å². The lowest BCUT2D eigenvalue weighted by Gasteiger charge is -2.25. The number of nitrogens with zero attached hydrogens (tertiary/aromatic N) is 3. The van der Waals surface area contributed by atoms with E-state index in [0.29, 0.717) is 12.4 Å². The molecular formula is C20H20N4O2. The van der Waals surface area contributed by atoms with Crippen LogP contribution in [-0.2, 0) is 11.3 Å². The van der Waals surface area contributed by atoms with Gasteiger partial charge in [0.1, 0.15) is 17.6 Å². The highest BCUT2D eigenvalue weighted by molar-refractivity contribution is 5.85. The lowest BCUT2D eigenvalue weighted by atomic mass is 10.2. The predicted molar refractivity (Wildman–Crippen MR) is 98.4 cm³/mol. The van der Waals surface area contributed by atoms with Crippen LogP contribution in [0, 0.1) is 0 Å². The van der Waals surface area contributed by atoms with Crippen LogP contribution >= 0.6 is 0 Å². The molecule has 0 radical (unpaired) electrons. The fraction of sp³-hybridized carbons (Fsp3) is 0.250. The van der Waals surface area contributed by atoms with Crippen molar-refractivity contribution in [3.63, 3.8) is 0 Å². The Morgan fingerprint density at radius 3 is 2.88 bits per heavy atom. The highest BCUT2D eigenvalue weighted by atomic mass is 16.3. The lowest BCUT2D eigenvalue weighted by Crippen LogP contribution is -2.43. The van der Waals surface area contributed by atoms with Crippen molar-refractivity contribution < 1.29 is 9.21 Å². The topological polar surface area (TPSA) is 71.3 Å². The predicted octanol–water partition coefficient (Wildman–Crippen LogP) is 3.02. The van der Waals surface area contributed by atoms with Gasteiger partial charge in [-0.05, 0) is 31.0 Å². The first-order valence-electron chi connectivity index (χ1n) is 8.76. The molecule has 1 saturated heterocycles. The van der Waals surface area contributed by atoms with Gasteiger partial charge in [-0.25, -0.2) is 9.97 Å². The zero-order valence-electron chi connectivity index (χ0n) is 14.3. The maximum absolute atomic E-state index is 12.6. The Balaban J connectivity index is 1.50. The zero-order chi connectivity index (χ0) is 17.8. The number of anilines is 1. The first-order chi connectivity index (χ1) is 12.8. The second-order valence-electron chi connectivity index (χ2n) is 6.25. The van der Waals surface area contributed by atoms with E-state index in [1.54, 1.807) is 12.5 Å². The molecular weight excluding hydrogens is 328 g/mol. The molecule has 3 heterocycles. The number of nitrogens with one attached hydrogen (secondary N) is 1. The number of hydrogen-bond donors (Lipinski definition) is 1. The molecule has 0 spiro atoms. The van der Waals surface area contributed by atoms with Gasteiger partial charge in [-0.2, -0.15) is 0 Å². The molecule has 1 amide bonds. The van der Waals surface area contributed by atoms with Crippen LogP contribution in [0.1, 0.15) is 18.6 Å². The quantitative estimate of drug-likeness (QED) is 0.767. The van der Waals surface area contributed by atoms with Crippen LogP contribution in [0.15, 0.2) is 65.4 Å². The molecule has 0 saturated carbocycles. The minimum Gasteiger partial charge on any atom is -0.467 e. The molecule has 2 aromatic heterocycles. The molecule has 4 rings (SSSR count). The van der Waals surface area contributed by atoms with Gasteiger partial charge in [-0.3, -0.25) is 4.79 Å². The van der Waals surface area contributed by atoms with Crippen LogP contribution < -0.4 is 10.2 Å². The maximum atomic E-state index is 12.6. The molecule has 1 N–H and O–H groups in total. The molecule has 1 atom stereocenters. The zero-order valence-corrected chi connectivity index (χ0v) is 14.3. The molecule has 1 aromatic carbocycles. The number of rotatable bonds is 5. The van der Waals surface area contributed by atoms with E-state index in [1.807, 2.05) is 48.5 Å². The van der Waals surface area contributed by atoms with Crippen LogP contribution in [0.2, 0.25) is 0 Å². The summed E-state index contributed by atoms with van der Waals surface area (Å²) in [6.45, 7) is 1.21. The molecule has 0 aliphatic carbocycles. The van der Waals surface area contributed by atoms with Crippen LogP contribution in [0.25, 0.3) is 11.4 Å². The fourth-order valence-electron chi connectivity index (χ4n) is 3.25. The van der Waals surface area contributed by atoms with E-state index in [2.05, 4.69) is 20.2 Å². The molecule has 6 heteroatoms. The summed E-state index contributed by atoms with van der Waals surface area (Å²) in [7, 11) is 0. The molecule has 1 aliphatic rings. The Morgan fingerprint density at radius 2 is 2.08 bits per heavy atom. The molecule has 3 aromatic rings. The third-order valence-electron chi connectivity index (χ3n) is 4.54. The van der Waals surface area contributed by atoms with E-state index in [1.165, 1.54) is 0 Å². The van der Waals surface area contributed by atoms with Crippen molar-refractivity contribution >= 4 is 11.7 Å². The lowest BCUT2D eigenvalue weighted by molar-refractivity contribution is -0.122. The number of hydrogen-bond acceptors (Lipinski definition) is 5. The minimum atomic E-state index is -0.219. The van der Waals surface area contributed by atoms with Gasteiger partial charge in [0.05, 0.1) is 12.8 Å². The Kier molecular flexibility index (Phi) is 4.64. The van der Waals surface area contributed by atoms with Gasteiger partial charge in [-0.1, -0.05) is 30.3 Å². The van der Waals surface area contributed by atoms with Crippen molar-refractivity contribution in [1.29, 1.82) is 0 Å². The summed E-state index contributed by atoms with van der Waals surface area (Å²) in [5.74, 6) is 2.20. The molecule has 1 aliphatic heterocycles. The van der Waals surface area contributed by atoms with Gasteiger partial charge in [-0.15, -0.1) is 0 Å². The summed E-state index contributed by atoms with van der Waals surface area (Å²) in [6, 6.07) is 15.2. The van der Waals surface area contributed by atoms with Gasteiger partial charge in [0, 0.05) is 18.3 Å². The first kappa shape index (κ1) is 16.3. The van der Waals surface area contributed by atoms with Crippen molar-refractivity contribution in [2.24, 2.45) is 0 Å². The Bertz CT molecular complexity index is 865. The highest BCUT2D eigenvalue weighted by Crippen LogP contribution is 2.25. The fourth-order valence-corrected chi connectivity index (χ4v) is 3.25. The molecule has 0 bridgehead atoms. The van der Waals surface area contributed by atoms with Crippen molar-refractivity contribution in [1.82, 2.24) is 15.3 Å². The molecule has 26 heavy (non-hydrogen) atoms. The van der Waals surface area contributed by atoms with E-state index in [4.69, 9.17) is 4.42 Å². The highest BCUT2D eigenvalue weighted by Gasteiger charge is 2.31. The van der Waals surface area contributed by atoms with Crippen LogP contribution in [0.4, 0.5) is 5.82 Å². The normalized spacial score (nSPS) is 16.6. The van der Waals surface area contributed by atoms with Crippen molar-refractivity contribution in [2.45, 2.75) is 25.4 Å². The standard InChI is InChI=1S/C20H20N4O2/c25-20(22-14-16-8-5-13-26-16)17-9-4-12-24(17)18-10-11-21-19(23-18)15-6-2-1-3-7-15/h1-3,5-8,10-11,13,17H,4,9,12,14H2,(H,22,25). The van der Waals surface area contributed by atoms with Gasteiger partial charge in [0.2, 0.25) is 5.91 Å².